The first-order chi connectivity index (χ1) is 8.44. The van der Waals surface area contributed by atoms with Crippen molar-refractivity contribution in [2.45, 2.75) is 18.2 Å². The fourth-order valence-corrected chi connectivity index (χ4v) is 3.78. The first kappa shape index (κ1) is 13.5. The Morgan fingerprint density at radius 3 is 2.44 bits per heavy atom. The Morgan fingerprint density at radius 1 is 1.17 bits per heavy atom. The molecule has 0 amide bonds. The summed E-state index contributed by atoms with van der Waals surface area (Å²) in [6.45, 7) is 3.12. The minimum atomic E-state index is -4.64. The maximum Gasteiger partial charge on any atom is 0.573 e. The van der Waals surface area contributed by atoms with Gasteiger partial charge >= 0.3 is 6.36 Å². The second-order valence-electron chi connectivity index (χ2n) is 4.04. The van der Waals surface area contributed by atoms with Gasteiger partial charge in [-0.1, -0.05) is 0 Å². The molecule has 1 aromatic carbocycles. The molecular formula is C12H14F3O2S+. The normalized spacial score (nSPS) is 17.8. The summed E-state index contributed by atoms with van der Waals surface area (Å²) >= 11 is 0. The van der Waals surface area contributed by atoms with Crippen molar-refractivity contribution in [3.8, 4) is 5.75 Å². The van der Waals surface area contributed by atoms with Gasteiger partial charge in [0.05, 0.1) is 13.2 Å². The number of aryl methyl sites for hydroxylation is 1. The standard InChI is InChI=1S/C12H14F3O2S/c1-9-6-10(17-12(13,14)15)8-11(7-9)18-4-2-16-3-5-18/h6-8H,2-5H2,1H3/q+1. The van der Waals surface area contributed by atoms with Crippen LogP contribution in [0.25, 0.3) is 0 Å². The fraction of sp³-hybridized carbons (Fsp3) is 0.500. The van der Waals surface area contributed by atoms with Crippen LogP contribution in [0.2, 0.25) is 0 Å². The molecule has 2 rings (SSSR count). The highest BCUT2D eigenvalue weighted by molar-refractivity contribution is 7.97. The zero-order valence-corrected chi connectivity index (χ0v) is 10.7. The molecule has 1 aliphatic rings. The first-order valence-electron chi connectivity index (χ1n) is 5.57. The molecule has 1 saturated heterocycles. The second-order valence-corrected chi connectivity index (χ2v) is 6.32. The van der Waals surface area contributed by atoms with E-state index in [4.69, 9.17) is 4.74 Å². The molecule has 1 heterocycles. The monoisotopic (exact) mass is 279 g/mol. The van der Waals surface area contributed by atoms with E-state index in [1.54, 1.807) is 6.92 Å². The molecule has 0 atom stereocenters. The lowest BCUT2D eigenvalue weighted by Gasteiger charge is -2.16. The van der Waals surface area contributed by atoms with Crippen molar-refractivity contribution >= 4 is 10.9 Å². The number of hydrogen-bond donors (Lipinski definition) is 0. The summed E-state index contributed by atoms with van der Waals surface area (Å²) in [5, 5.41) is 0. The van der Waals surface area contributed by atoms with Crippen LogP contribution in [0.4, 0.5) is 13.2 Å². The first-order valence-corrected chi connectivity index (χ1v) is 7.13. The molecule has 18 heavy (non-hydrogen) atoms. The van der Waals surface area contributed by atoms with Gasteiger partial charge in [-0.05, 0) is 24.6 Å². The minimum Gasteiger partial charge on any atom is -0.406 e. The quantitative estimate of drug-likeness (QED) is 0.775. The molecule has 1 aliphatic heterocycles. The zero-order valence-electron chi connectivity index (χ0n) is 9.92. The fourth-order valence-electron chi connectivity index (χ4n) is 1.83. The van der Waals surface area contributed by atoms with Gasteiger partial charge < -0.3 is 9.47 Å². The van der Waals surface area contributed by atoms with Crippen molar-refractivity contribution in [2.24, 2.45) is 0 Å². The maximum absolute atomic E-state index is 12.2. The molecule has 100 valence electrons. The Bertz CT molecular complexity index is 414. The van der Waals surface area contributed by atoms with Crippen LogP contribution in [0.5, 0.6) is 5.75 Å². The molecule has 0 aliphatic carbocycles. The SMILES string of the molecule is Cc1cc(OC(F)(F)F)cc([S+]2CCOCC2)c1. The van der Waals surface area contributed by atoms with Crippen LogP contribution in [0, 0.1) is 6.92 Å². The topological polar surface area (TPSA) is 18.5 Å². The van der Waals surface area contributed by atoms with Crippen molar-refractivity contribution in [1.82, 2.24) is 0 Å². The van der Waals surface area contributed by atoms with E-state index in [0.29, 0.717) is 13.2 Å². The lowest BCUT2D eigenvalue weighted by atomic mass is 10.2. The van der Waals surface area contributed by atoms with E-state index < -0.39 is 6.36 Å². The van der Waals surface area contributed by atoms with Crippen molar-refractivity contribution in [1.29, 1.82) is 0 Å². The van der Waals surface area contributed by atoms with Gasteiger partial charge in [-0.3, -0.25) is 0 Å². The summed E-state index contributed by atoms with van der Waals surface area (Å²) in [6.07, 6.45) is -4.64. The Balaban J connectivity index is 2.20. The van der Waals surface area contributed by atoms with Crippen LogP contribution in [0.3, 0.4) is 0 Å². The summed E-state index contributed by atoms with van der Waals surface area (Å²) in [7, 11) is -0.0293. The second kappa shape index (κ2) is 5.40. The molecule has 0 saturated carbocycles. The van der Waals surface area contributed by atoms with E-state index in [2.05, 4.69) is 4.74 Å². The smallest absolute Gasteiger partial charge is 0.406 e. The summed E-state index contributed by atoms with van der Waals surface area (Å²) in [5.74, 6) is 1.61. The Labute approximate surface area is 106 Å². The average molecular weight is 279 g/mol. The maximum atomic E-state index is 12.2. The average Bonchev–Trinajstić information content (AvgIpc) is 2.27. The zero-order chi connectivity index (χ0) is 13.2. The Kier molecular flexibility index (Phi) is 4.07. The lowest BCUT2D eigenvalue weighted by molar-refractivity contribution is -0.274. The molecule has 0 bridgehead atoms. The Morgan fingerprint density at radius 2 is 1.83 bits per heavy atom. The minimum absolute atomic E-state index is 0.0293. The van der Waals surface area contributed by atoms with Crippen LogP contribution < -0.4 is 4.74 Å². The van der Waals surface area contributed by atoms with E-state index in [-0.39, 0.29) is 16.6 Å². The van der Waals surface area contributed by atoms with Crippen molar-refractivity contribution in [3.05, 3.63) is 23.8 Å². The van der Waals surface area contributed by atoms with Crippen LogP contribution in [-0.2, 0) is 15.6 Å². The van der Waals surface area contributed by atoms with E-state index in [9.17, 15) is 13.2 Å². The third-order valence-electron chi connectivity index (χ3n) is 2.54. The highest BCUT2D eigenvalue weighted by atomic mass is 32.2. The number of benzene rings is 1. The van der Waals surface area contributed by atoms with Gasteiger partial charge in [0.15, 0.2) is 4.90 Å². The molecular weight excluding hydrogens is 265 g/mol. The number of ether oxygens (including phenoxy) is 2. The number of hydrogen-bond acceptors (Lipinski definition) is 2. The van der Waals surface area contributed by atoms with Crippen LogP contribution >= 0.6 is 0 Å². The lowest BCUT2D eigenvalue weighted by Crippen LogP contribution is -2.26. The predicted octanol–water partition coefficient (Wildman–Crippen LogP) is 2.90. The van der Waals surface area contributed by atoms with Crippen molar-refractivity contribution in [2.75, 3.05) is 24.7 Å². The van der Waals surface area contributed by atoms with E-state index in [1.165, 1.54) is 12.1 Å². The summed E-state index contributed by atoms with van der Waals surface area (Å²) in [4.78, 5) is 0.928. The predicted molar refractivity (Wildman–Crippen MR) is 64.0 cm³/mol. The van der Waals surface area contributed by atoms with E-state index in [0.717, 1.165) is 22.0 Å². The number of halogens is 3. The highest BCUT2D eigenvalue weighted by Gasteiger charge is 2.32. The van der Waals surface area contributed by atoms with Gasteiger partial charge in [-0.25, -0.2) is 0 Å². The molecule has 0 unspecified atom stereocenters. The molecule has 0 N–H and O–H groups in total. The van der Waals surface area contributed by atoms with E-state index in [1.807, 2.05) is 6.07 Å². The van der Waals surface area contributed by atoms with Gasteiger partial charge in [0.25, 0.3) is 0 Å². The van der Waals surface area contributed by atoms with Gasteiger partial charge in [0, 0.05) is 17.0 Å². The van der Waals surface area contributed by atoms with Gasteiger partial charge in [0.1, 0.15) is 17.3 Å². The van der Waals surface area contributed by atoms with Crippen LogP contribution in [0.1, 0.15) is 5.56 Å². The molecule has 1 fully saturated rings. The van der Waals surface area contributed by atoms with Crippen molar-refractivity contribution in [3.63, 3.8) is 0 Å². The third kappa shape index (κ3) is 3.81. The van der Waals surface area contributed by atoms with Crippen molar-refractivity contribution < 1.29 is 22.6 Å². The van der Waals surface area contributed by atoms with Gasteiger partial charge in [-0.15, -0.1) is 13.2 Å². The number of rotatable bonds is 2. The number of alkyl halides is 3. The summed E-state index contributed by atoms with van der Waals surface area (Å²) < 4.78 is 45.9. The molecule has 1 aromatic rings. The summed E-state index contributed by atoms with van der Waals surface area (Å²) in [6, 6.07) is 4.83. The van der Waals surface area contributed by atoms with Crippen LogP contribution in [0.15, 0.2) is 23.1 Å². The molecule has 0 spiro atoms. The summed E-state index contributed by atoms with van der Waals surface area (Å²) in [5.41, 5.74) is 0.783. The highest BCUT2D eigenvalue weighted by Crippen LogP contribution is 2.28. The van der Waals surface area contributed by atoms with Gasteiger partial charge in [0.2, 0.25) is 0 Å². The largest absolute Gasteiger partial charge is 0.573 e. The molecule has 0 aromatic heterocycles. The van der Waals surface area contributed by atoms with Crippen LogP contribution in [-0.4, -0.2) is 31.1 Å². The molecule has 2 nitrogen and oxygen atoms in total. The molecule has 6 heteroatoms. The molecule has 0 radical (unpaired) electrons. The van der Waals surface area contributed by atoms with Gasteiger partial charge in [-0.2, -0.15) is 0 Å². The third-order valence-corrected chi connectivity index (χ3v) is 4.76. The Hall–Kier alpha value is -0.880. The van der Waals surface area contributed by atoms with E-state index >= 15 is 0 Å².